The summed E-state index contributed by atoms with van der Waals surface area (Å²) >= 11 is 0. The van der Waals surface area contributed by atoms with Crippen molar-refractivity contribution in [2.75, 3.05) is 49.3 Å². The zero-order valence-electron chi connectivity index (χ0n) is 17.4. The number of ether oxygens (including phenoxy) is 2. The fraction of sp³-hybridized carbons (Fsp3) is 0.250. The smallest absolute Gasteiger partial charge is 0.411 e. The summed E-state index contributed by atoms with van der Waals surface area (Å²) in [6, 6.07) is 17.6. The molecule has 0 aliphatic carbocycles. The van der Waals surface area contributed by atoms with Crippen LogP contribution in [0.15, 0.2) is 60.7 Å². The lowest BCUT2D eigenvalue weighted by molar-refractivity contribution is 0.166. The number of nitrogens with zero attached hydrogens (tertiary/aromatic N) is 2. The lowest BCUT2D eigenvalue weighted by Gasteiger charge is -2.18. The van der Waals surface area contributed by atoms with Gasteiger partial charge in [0.05, 0.1) is 26.3 Å². The van der Waals surface area contributed by atoms with E-state index in [4.69, 9.17) is 9.47 Å². The Morgan fingerprint density at radius 2 is 1.06 bits per heavy atom. The molecule has 0 saturated carbocycles. The number of carboxylic acid groups (broad SMARTS) is 2. The molecule has 0 heterocycles. The predicted octanol–water partition coefficient (Wildman–Crippen LogP) is 3.40. The van der Waals surface area contributed by atoms with Gasteiger partial charge in [0.2, 0.25) is 0 Å². The summed E-state index contributed by atoms with van der Waals surface area (Å²) in [5, 5.41) is 18.6. The standard InChI is InChI=1S/C24H24N2O6/c27-23(28)25(21-11-5-3-6-12-21)15-19-31-17-9-1-2-10-18-32-20-16-26(24(29)30)22-13-7-4-8-14-22/h3-8,11-14H,15-20H2,(H,27,28)(H,29,30). The largest absolute Gasteiger partial charge is 0.465 e. The second-order valence-electron chi connectivity index (χ2n) is 6.25. The van der Waals surface area contributed by atoms with Crippen LogP contribution in [0.4, 0.5) is 21.0 Å². The Morgan fingerprint density at radius 3 is 1.41 bits per heavy atom. The predicted molar refractivity (Wildman–Crippen MR) is 121 cm³/mol. The van der Waals surface area contributed by atoms with Gasteiger partial charge >= 0.3 is 12.2 Å². The van der Waals surface area contributed by atoms with E-state index in [9.17, 15) is 19.8 Å². The van der Waals surface area contributed by atoms with Gasteiger partial charge in [-0.2, -0.15) is 0 Å². The first-order valence-corrected chi connectivity index (χ1v) is 9.82. The molecule has 0 atom stereocenters. The summed E-state index contributed by atoms with van der Waals surface area (Å²) in [6.45, 7) is 1.04. The Bertz CT molecular complexity index is 892. The average molecular weight is 436 g/mol. The number of hydrogen-bond acceptors (Lipinski definition) is 4. The van der Waals surface area contributed by atoms with Gasteiger partial charge in [0.25, 0.3) is 0 Å². The Hall–Kier alpha value is -3.98. The van der Waals surface area contributed by atoms with Gasteiger partial charge in [-0.3, -0.25) is 9.80 Å². The molecule has 8 nitrogen and oxygen atoms in total. The molecule has 0 fully saturated rings. The fourth-order valence-corrected chi connectivity index (χ4v) is 2.60. The van der Waals surface area contributed by atoms with Crippen molar-refractivity contribution in [1.82, 2.24) is 0 Å². The molecule has 32 heavy (non-hydrogen) atoms. The van der Waals surface area contributed by atoms with Gasteiger partial charge in [0.15, 0.2) is 0 Å². The molecule has 2 rings (SSSR count). The summed E-state index contributed by atoms with van der Waals surface area (Å²) in [5.41, 5.74) is 1.16. The van der Waals surface area contributed by atoms with Crippen LogP contribution in [0.1, 0.15) is 0 Å². The van der Waals surface area contributed by atoms with E-state index < -0.39 is 12.2 Å². The van der Waals surface area contributed by atoms with Crippen molar-refractivity contribution in [1.29, 1.82) is 0 Å². The van der Waals surface area contributed by atoms with E-state index in [0.29, 0.717) is 11.4 Å². The van der Waals surface area contributed by atoms with E-state index in [0.717, 1.165) is 0 Å². The molecule has 0 aromatic heterocycles. The lowest BCUT2D eigenvalue weighted by atomic mass is 10.3. The maximum atomic E-state index is 11.3. The Balaban J connectivity index is 1.61. The molecule has 2 aromatic carbocycles. The minimum Gasteiger partial charge on any atom is -0.465 e. The van der Waals surface area contributed by atoms with Crippen molar-refractivity contribution in [3.05, 3.63) is 60.7 Å². The highest BCUT2D eigenvalue weighted by Crippen LogP contribution is 2.13. The molecule has 0 bridgehead atoms. The monoisotopic (exact) mass is 436 g/mol. The van der Waals surface area contributed by atoms with Crippen LogP contribution in [0.2, 0.25) is 0 Å². The molecule has 0 aliphatic heterocycles. The number of amides is 2. The summed E-state index contributed by atoms with van der Waals surface area (Å²) in [4.78, 5) is 25.1. The van der Waals surface area contributed by atoms with E-state index in [1.165, 1.54) is 9.80 Å². The van der Waals surface area contributed by atoms with Gasteiger partial charge in [-0.1, -0.05) is 48.2 Å². The second-order valence-corrected chi connectivity index (χ2v) is 6.25. The Morgan fingerprint density at radius 1 is 0.688 bits per heavy atom. The molecule has 0 spiro atoms. The maximum absolute atomic E-state index is 11.3. The molecule has 2 aromatic rings. The van der Waals surface area contributed by atoms with Gasteiger partial charge in [0.1, 0.15) is 13.2 Å². The molecule has 0 aliphatic rings. The molecule has 166 valence electrons. The number of rotatable bonds is 10. The fourth-order valence-electron chi connectivity index (χ4n) is 2.60. The van der Waals surface area contributed by atoms with Crippen LogP contribution >= 0.6 is 0 Å². The second kappa shape index (κ2) is 14.1. The normalized spacial score (nSPS) is 9.62. The van der Waals surface area contributed by atoms with Crippen LogP contribution in [-0.2, 0) is 9.47 Å². The first kappa shape index (κ1) is 24.3. The van der Waals surface area contributed by atoms with E-state index in [-0.39, 0.29) is 39.5 Å². The number of anilines is 2. The molecule has 8 heteroatoms. The average Bonchev–Trinajstić information content (AvgIpc) is 2.80. The van der Waals surface area contributed by atoms with E-state index in [2.05, 4.69) is 23.7 Å². The third kappa shape index (κ3) is 8.80. The Labute approximate surface area is 187 Å². The van der Waals surface area contributed by atoms with E-state index in [1.54, 1.807) is 48.5 Å². The van der Waals surface area contributed by atoms with Crippen molar-refractivity contribution in [3.8, 4) is 23.7 Å². The minimum absolute atomic E-state index is 0.127. The molecule has 0 unspecified atom stereocenters. The lowest BCUT2D eigenvalue weighted by Crippen LogP contribution is -2.32. The van der Waals surface area contributed by atoms with Gasteiger partial charge in [-0.15, -0.1) is 0 Å². The third-order valence-corrected chi connectivity index (χ3v) is 4.10. The summed E-state index contributed by atoms with van der Waals surface area (Å²) in [6.07, 6.45) is -2.10. The van der Waals surface area contributed by atoms with Crippen LogP contribution in [0, 0.1) is 23.7 Å². The first-order valence-electron chi connectivity index (χ1n) is 9.82. The minimum atomic E-state index is -1.05. The highest BCUT2D eigenvalue weighted by Gasteiger charge is 2.13. The summed E-state index contributed by atoms with van der Waals surface area (Å²) < 4.78 is 10.7. The summed E-state index contributed by atoms with van der Waals surface area (Å²) in [7, 11) is 0. The van der Waals surface area contributed by atoms with Crippen molar-refractivity contribution in [3.63, 3.8) is 0 Å². The highest BCUT2D eigenvalue weighted by molar-refractivity contribution is 5.86. The van der Waals surface area contributed by atoms with E-state index in [1.807, 2.05) is 12.1 Å². The molecular weight excluding hydrogens is 412 g/mol. The maximum Gasteiger partial charge on any atom is 0.411 e. The van der Waals surface area contributed by atoms with Crippen molar-refractivity contribution < 1.29 is 29.3 Å². The van der Waals surface area contributed by atoms with Crippen molar-refractivity contribution in [2.24, 2.45) is 0 Å². The quantitative estimate of drug-likeness (QED) is 0.438. The number of benzene rings is 2. The van der Waals surface area contributed by atoms with Gasteiger partial charge in [-0.25, -0.2) is 9.59 Å². The molecule has 2 amide bonds. The van der Waals surface area contributed by atoms with Gasteiger partial charge in [-0.05, 0) is 36.1 Å². The zero-order valence-corrected chi connectivity index (χ0v) is 17.4. The van der Waals surface area contributed by atoms with Crippen LogP contribution in [0.3, 0.4) is 0 Å². The van der Waals surface area contributed by atoms with Gasteiger partial charge in [0, 0.05) is 11.4 Å². The molecule has 0 radical (unpaired) electrons. The zero-order chi connectivity index (χ0) is 23.0. The van der Waals surface area contributed by atoms with Crippen molar-refractivity contribution >= 4 is 23.6 Å². The van der Waals surface area contributed by atoms with Crippen LogP contribution < -0.4 is 9.80 Å². The third-order valence-electron chi connectivity index (χ3n) is 4.10. The summed E-state index contributed by atoms with van der Waals surface area (Å²) in [5.74, 6) is 10.7. The first-order chi connectivity index (χ1) is 15.6. The van der Waals surface area contributed by atoms with Crippen LogP contribution in [0.5, 0.6) is 0 Å². The van der Waals surface area contributed by atoms with Crippen LogP contribution in [0.25, 0.3) is 0 Å². The molecule has 0 saturated heterocycles. The molecule has 2 N–H and O–H groups in total. The number of para-hydroxylation sites is 2. The van der Waals surface area contributed by atoms with E-state index >= 15 is 0 Å². The van der Waals surface area contributed by atoms with Crippen molar-refractivity contribution in [2.45, 2.75) is 0 Å². The Kier molecular flexibility index (Phi) is 10.7. The SMILES string of the molecule is O=C(O)N(CCOCC#CC#CCOCCN(C(=O)O)c1ccccc1)c1ccccc1. The topological polar surface area (TPSA) is 99.5 Å². The number of hydrogen-bond donors (Lipinski definition) is 2. The molecular formula is C24H24N2O6. The van der Waals surface area contributed by atoms with Crippen LogP contribution in [-0.4, -0.2) is 61.9 Å². The number of carbonyl (C=O) groups is 2. The van der Waals surface area contributed by atoms with Gasteiger partial charge < -0.3 is 19.7 Å². The highest BCUT2D eigenvalue weighted by atomic mass is 16.5.